The van der Waals surface area contributed by atoms with Crippen molar-refractivity contribution >= 4 is 38.9 Å². The molecule has 0 radical (unpaired) electrons. The molecule has 60 heavy (non-hydrogen) atoms. The van der Waals surface area contributed by atoms with Crippen LogP contribution in [0.3, 0.4) is 0 Å². The van der Waals surface area contributed by atoms with Crippen molar-refractivity contribution in [2.24, 2.45) is 0 Å². The third-order valence-electron chi connectivity index (χ3n) is 10.5. The summed E-state index contributed by atoms with van der Waals surface area (Å²) in [6.45, 7) is 17.5. The summed E-state index contributed by atoms with van der Waals surface area (Å²) in [6.07, 6.45) is 4.23. The van der Waals surface area contributed by atoms with Gasteiger partial charge in [-0.1, -0.05) is 186 Å². The summed E-state index contributed by atoms with van der Waals surface area (Å²) in [4.78, 5) is 6.00. The predicted octanol–water partition coefficient (Wildman–Crippen LogP) is 17.0. The van der Waals surface area contributed by atoms with E-state index in [-0.39, 0.29) is 0 Å². The molecule has 0 spiro atoms. The van der Waals surface area contributed by atoms with Crippen LogP contribution >= 0.6 is 0 Å². The van der Waals surface area contributed by atoms with Gasteiger partial charge in [0.1, 0.15) is 0 Å². The molecule has 0 aliphatic heterocycles. The summed E-state index contributed by atoms with van der Waals surface area (Å²) >= 11 is 0. The highest BCUT2D eigenvalue weighted by atomic mass is 15.1. The standard InChI is InChI=1S/C46H38N2.C6H6.C4H6.C2H6/c1-4-33-26-42(41-29-36(23-22-31(41)2)37-24-25-45-43(30-37)40-20-11-12-21-44(40)47-45)32(3)46(27-33)48(38-17-9-6-10-18-38)39-19-13-16-35(28-39)34-14-7-5-8-15-34;1-2-4-6-5-3-1;1-3-4-2;1-2/h5-30,47H,4H2,1-3H3;1-6H;3-4H,1-2H2;1-2H3. The highest BCUT2D eigenvalue weighted by Gasteiger charge is 2.20. The summed E-state index contributed by atoms with van der Waals surface area (Å²) in [7, 11) is 0. The summed E-state index contributed by atoms with van der Waals surface area (Å²) < 4.78 is 0. The molecule has 9 rings (SSSR count). The maximum absolute atomic E-state index is 3.57. The number of nitrogens with zero attached hydrogens (tertiary/aromatic N) is 1. The molecule has 0 bridgehead atoms. The Balaban J connectivity index is 0.000000442. The summed E-state index contributed by atoms with van der Waals surface area (Å²) in [5.41, 5.74) is 17.1. The number of rotatable bonds is 8. The minimum absolute atomic E-state index is 0.947. The number of aryl methyl sites for hydroxylation is 2. The van der Waals surface area contributed by atoms with Crippen molar-refractivity contribution < 1.29 is 0 Å². The van der Waals surface area contributed by atoms with Gasteiger partial charge in [0, 0.05) is 38.9 Å². The van der Waals surface area contributed by atoms with Crippen LogP contribution < -0.4 is 4.90 Å². The average molecular weight is 781 g/mol. The van der Waals surface area contributed by atoms with E-state index < -0.39 is 0 Å². The Morgan fingerprint density at radius 1 is 0.467 bits per heavy atom. The molecule has 8 aromatic carbocycles. The maximum Gasteiger partial charge on any atom is 0.0499 e. The van der Waals surface area contributed by atoms with E-state index in [9.17, 15) is 0 Å². The number of allylic oxidation sites excluding steroid dienone is 2. The van der Waals surface area contributed by atoms with E-state index in [1.807, 2.05) is 50.2 Å². The smallest absolute Gasteiger partial charge is 0.0499 e. The van der Waals surface area contributed by atoms with Crippen molar-refractivity contribution in [3.05, 3.63) is 236 Å². The van der Waals surface area contributed by atoms with Gasteiger partial charge in [-0.25, -0.2) is 0 Å². The second-order valence-electron chi connectivity index (χ2n) is 14.3. The fourth-order valence-electron chi connectivity index (χ4n) is 7.44. The number of nitrogens with one attached hydrogen (secondary N) is 1. The van der Waals surface area contributed by atoms with Crippen LogP contribution in [0.1, 0.15) is 37.5 Å². The van der Waals surface area contributed by atoms with Crippen LogP contribution in [0.5, 0.6) is 0 Å². The third-order valence-corrected chi connectivity index (χ3v) is 10.5. The Bertz CT molecular complexity index is 2730. The number of aromatic nitrogens is 1. The lowest BCUT2D eigenvalue weighted by Gasteiger charge is -2.29. The molecular formula is C58H56N2. The first kappa shape index (κ1) is 42.4. The molecule has 0 amide bonds. The van der Waals surface area contributed by atoms with Gasteiger partial charge in [0.15, 0.2) is 0 Å². The molecular weight excluding hydrogens is 725 g/mol. The topological polar surface area (TPSA) is 19.0 Å². The SMILES string of the molecule is C=CC=C.CC.CCc1cc(-c2cc(-c3ccc4[nH]c5ccccc5c4c3)ccc2C)c(C)c(N(c2ccccc2)c2cccc(-c3ccccc3)c2)c1.c1ccccc1. The molecule has 0 aliphatic rings. The minimum Gasteiger partial charge on any atom is -0.355 e. The summed E-state index contributed by atoms with van der Waals surface area (Å²) in [5.74, 6) is 0. The van der Waals surface area contributed by atoms with Crippen molar-refractivity contribution in [2.45, 2.75) is 41.0 Å². The molecule has 0 saturated carbocycles. The highest BCUT2D eigenvalue weighted by Crippen LogP contribution is 2.43. The fraction of sp³-hybridized carbons (Fsp3) is 0.103. The van der Waals surface area contributed by atoms with Crippen molar-refractivity contribution in [2.75, 3.05) is 4.90 Å². The Morgan fingerprint density at radius 2 is 1.00 bits per heavy atom. The van der Waals surface area contributed by atoms with E-state index >= 15 is 0 Å². The van der Waals surface area contributed by atoms with E-state index in [1.54, 1.807) is 12.2 Å². The van der Waals surface area contributed by atoms with Crippen molar-refractivity contribution in [3.63, 3.8) is 0 Å². The molecule has 0 fully saturated rings. The van der Waals surface area contributed by atoms with Gasteiger partial charge >= 0.3 is 0 Å². The van der Waals surface area contributed by atoms with E-state index in [0.717, 1.165) is 17.8 Å². The van der Waals surface area contributed by atoms with Crippen LogP contribution in [0, 0.1) is 13.8 Å². The Kier molecular flexibility index (Phi) is 14.9. The second kappa shape index (κ2) is 21.0. The van der Waals surface area contributed by atoms with Crippen LogP contribution in [0.4, 0.5) is 17.1 Å². The molecule has 298 valence electrons. The van der Waals surface area contributed by atoms with Gasteiger partial charge in [0.25, 0.3) is 0 Å². The quantitative estimate of drug-likeness (QED) is 0.152. The van der Waals surface area contributed by atoms with E-state index in [0.29, 0.717) is 0 Å². The lowest BCUT2D eigenvalue weighted by Crippen LogP contribution is -2.12. The van der Waals surface area contributed by atoms with Gasteiger partial charge in [-0.05, 0) is 125 Å². The van der Waals surface area contributed by atoms with Crippen LogP contribution in [0.15, 0.2) is 219 Å². The molecule has 0 unspecified atom stereocenters. The van der Waals surface area contributed by atoms with Crippen LogP contribution in [-0.2, 0) is 6.42 Å². The number of anilines is 3. The largest absolute Gasteiger partial charge is 0.355 e. The summed E-state index contributed by atoms with van der Waals surface area (Å²) in [5, 5.41) is 2.52. The summed E-state index contributed by atoms with van der Waals surface area (Å²) in [6, 6.07) is 69.4. The first-order chi connectivity index (χ1) is 29.5. The van der Waals surface area contributed by atoms with Crippen LogP contribution in [0.2, 0.25) is 0 Å². The number of hydrogen-bond donors (Lipinski definition) is 1. The average Bonchev–Trinajstić information content (AvgIpc) is 3.70. The van der Waals surface area contributed by atoms with Crippen molar-refractivity contribution in [3.8, 4) is 33.4 Å². The van der Waals surface area contributed by atoms with Crippen molar-refractivity contribution in [1.29, 1.82) is 0 Å². The van der Waals surface area contributed by atoms with E-state index in [1.165, 1.54) is 77.6 Å². The molecule has 0 aliphatic carbocycles. The molecule has 9 aromatic rings. The van der Waals surface area contributed by atoms with Gasteiger partial charge in [-0.15, -0.1) is 0 Å². The van der Waals surface area contributed by atoms with Crippen molar-refractivity contribution in [1.82, 2.24) is 4.98 Å². The number of hydrogen-bond acceptors (Lipinski definition) is 1. The number of H-pyrrole nitrogens is 1. The molecule has 1 aromatic heterocycles. The number of benzene rings is 8. The Labute approximate surface area is 357 Å². The molecule has 0 saturated heterocycles. The van der Waals surface area contributed by atoms with Gasteiger partial charge in [0.05, 0.1) is 0 Å². The maximum atomic E-state index is 3.57. The highest BCUT2D eigenvalue weighted by molar-refractivity contribution is 6.08. The third kappa shape index (κ3) is 9.92. The Hall–Kier alpha value is -7.16. The van der Waals surface area contributed by atoms with Gasteiger partial charge in [-0.2, -0.15) is 0 Å². The van der Waals surface area contributed by atoms with Crippen LogP contribution in [-0.4, -0.2) is 4.98 Å². The van der Waals surface area contributed by atoms with Crippen LogP contribution in [0.25, 0.3) is 55.2 Å². The first-order valence-corrected chi connectivity index (χ1v) is 21.0. The molecule has 2 heteroatoms. The normalized spacial score (nSPS) is 10.3. The second-order valence-corrected chi connectivity index (χ2v) is 14.3. The lowest BCUT2D eigenvalue weighted by molar-refractivity contribution is 1.12. The van der Waals surface area contributed by atoms with Gasteiger partial charge < -0.3 is 9.88 Å². The van der Waals surface area contributed by atoms with E-state index in [2.05, 4.69) is 202 Å². The predicted molar refractivity (Wildman–Crippen MR) is 264 cm³/mol. The zero-order chi connectivity index (χ0) is 42.3. The minimum atomic E-state index is 0.947. The zero-order valence-corrected chi connectivity index (χ0v) is 35.7. The zero-order valence-electron chi connectivity index (χ0n) is 35.7. The number of para-hydroxylation sites is 2. The van der Waals surface area contributed by atoms with Gasteiger partial charge in [-0.3, -0.25) is 0 Å². The molecule has 1 heterocycles. The molecule has 0 atom stereocenters. The van der Waals surface area contributed by atoms with E-state index in [4.69, 9.17) is 0 Å². The lowest BCUT2D eigenvalue weighted by atomic mass is 9.89. The monoisotopic (exact) mass is 780 g/mol. The fourth-order valence-corrected chi connectivity index (χ4v) is 7.44. The van der Waals surface area contributed by atoms with Gasteiger partial charge in [0.2, 0.25) is 0 Å². The molecule has 2 nitrogen and oxygen atoms in total. The first-order valence-electron chi connectivity index (χ1n) is 21.0. The molecule has 1 N–H and O–H groups in total. The number of fused-ring (bicyclic) bond motifs is 3. The number of aromatic amines is 1. The Morgan fingerprint density at radius 3 is 1.67 bits per heavy atom.